The van der Waals surface area contributed by atoms with Crippen LogP contribution in [0.1, 0.15) is 4.88 Å². The Morgan fingerprint density at radius 1 is 1.29 bits per heavy atom. The number of hydrogen-bond donors (Lipinski definition) is 2. The van der Waals surface area contributed by atoms with Gasteiger partial charge < -0.3 is 9.84 Å². The highest BCUT2D eigenvalue weighted by Crippen LogP contribution is 2.30. The lowest BCUT2D eigenvalue weighted by Gasteiger charge is -2.13. The molecule has 0 atom stereocenters. The topological polar surface area (TPSA) is 75.6 Å². The Morgan fingerprint density at radius 3 is 2.67 bits per heavy atom. The van der Waals surface area contributed by atoms with Crippen molar-refractivity contribution < 1.29 is 27.0 Å². The largest absolute Gasteiger partial charge is 0.433 e. The molecule has 1 heterocycles. The average Bonchev–Trinajstić information content (AvgIpc) is 2.89. The van der Waals surface area contributed by atoms with Crippen LogP contribution in [0.5, 0.6) is 5.75 Å². The van der Waals surface area contributed by atoms with Gasteiger partial charge >= 0.3 is 6.61 Å². The van der Waals surface area contributed by atoms with Gasteiger partial charge in [-0.05, 0) is 23.6 Å². The molecule has 0 aliphatic heterocycles. The van der Waals surface area contributed by atoms with Crippen molar-refractivity contribution in [2.24, 2.45) is 0 Å². The van der Waals surface area contributed by atoms with Crippen LogP contribution < -0.4 is 9.46 Å². The Labute approximate surface area is 123 Å². The molecule has 5 nitrogen and oxygen atoms in total. The van der Waals surface area contributed by atoms with E-state index in [4.69, 9.17) is 5.11 Å². The summed E-state index contributed by atoms with van der Waals surface area (Å²) < 4.78 is 55.5. The van der Waals surface area contributed by atoms with Crippen molar-refractivity contribution in [3.05, 3.63) is 40.6 Å². The Bertz CT molecular complexity index is 716. The maximum atomic E-state index is 12.3. The number of ether oxygens (including phenoxy) is 1. The van der Waals surface area contributed by atoms with E-state index in [1.807, 2.05) is 0 Å². The highest BCUT2D eigenvalue weighted by atomic mass is 32.2. The number of benzene rings is 1. The molecule has 0 saturated carbocycles. The number of aliphatic hydroxyl groups is 1. The average molecular weight is 335 g/mol. The second kappa shape index (κ2) is 6.37. The monoisotopic (exact) mass is 335 g/mol. The summed E-state index contributed by atoms with van der Waals surface area (Å²) in [5.41, 5.74) is -0.104. The highest BCUT2D eigenvalue weighted by molar-refractivity contribution is 7.93. The first-order chi connectivity index (χ1) is 9.94. The van der Waals surface area contributed by atoms with Crippen molar-refractivity contribution in [1.82, 2.24) is 0 Å². The van der Waals surface area contributed by atoms with E-state index in [0.29, 0.717) is 0 Å². The summed E-state index contributed by atoms with van der Waals surface area (Å²) >= 11 is 1.08. The van der Waals surface area contributed by atoms with E-state index in [1.54, 1.807) is 0 Å². The van der Waals surface area contributed by atoms with Crippen LogP contribution in [0.25, 0.3) is 0 Å². The summed E-state index contributed by atoms with van der Waals surface area (Å²) in [5, 5.41) is 10.6. The first-order valence-electron chi connectivity index (χ1n) is 5.68. The van der Waals surface area contributed by atoms with Gasteiger partial charge in [-0.15, -0.1) is 11.3 Å². The lowest BCUT2D eigenvalue weighted by molar-refractivity contribution is -0.0493. The number of aliphatic hydroxyl groups excluding tert-OH is 1. The first kappa shape index (κ1) is 15.7. The quantitative estimate of drug-likeness (QED) is 0.851. The van der Waals surface area contributed by atoms with E-state index in [2.05, 4.69) is 9.46 Å². The van der Waals surface area contributed by atoms with Crippen LogP contribution in [0.4, 0.5) is 14.5 Å². The van der Waals surface area contributed by atoms with Crippen LogP contribution in [0.2, 0.25) is 0 Å². The first-order valence-corrected chi connectivity index (χ1v) is 8.04. The van der Waals surface area contributed by atoms with E-state index in [0.717, 1.165) is 11.3 Å². The van der Waals surface area contributed by atoms with Gasteiger partial charge in [0.15, 0.2) is 0 Å². The minimum absolute atomic E-state index is 0.0955. The lowest BCUT2D eigenvalue weighted by atomic mass is 10.3. The van der Waals surface area contributed by atoms with Crippen LogP contribution in [0.15, 0.2) is 40.6 Å². The number of sulfonamides is 1. The zero-order valence-corrected chi connectivity index (χ0v) is 12.1. The normalized spacial score (nSPS) is 11.6. The Balaban J connectivity index is 2.33. The number of halogens is 2. The Morgan fingerprint density at radius 2 is 2.00 bits per heavy atom. The summed E-state index contributed by atoms with van der Waals surface area (Å²) in [6.07, 6.45) is 0. The Kier molecular flexibility index (Phi) is 4.76. The molecule has 114 valence electrons. The number of alkyl halides is 2. The molecule has 2 rings (SSSR count). The molecule has 0 spiro atoms. The zero-order valence-electron chi connectivity index (χ0n) is 10.5. The van der Waals surface area contributed by atoms with Gasteiger partial charge in [-0.3, -0.25) is 4.72 Å². The van der Waals surface area contributed by atoms with Gasteiger partial charge in [0.1, 0.15) is 10.6 Å². The van der Waals surface area contributed by atoms with Gasteiger partial charge in [0, 0.05) is 0 Å². The molecule has 1 aromatic heterocycles. The zero-order chi connectivity index (χ0) is 15.5. The molecule has 2 aromatic rings. The van der Waals surface area contributed by atoms with Gasteiger partial charge in [-0.2, -0.15) is 8.78 Å². The summed E-state index contributed by atoms with van der Waals surface area (Å²) in [6, 6.07) is 6.79. The van der Waals surface area contributed by atoms with E-state index in [1.165, 1.54) is 35.7 Å². The minimum atomic E-state index is -4.00. The summed E-state index contributed by atoms with van der Waals surface area (Å²) in [4.78, 5) is 0.164. The SMILES string of the molecule is O=S(=O)(Nc1ccccc1OC(F)F)c1ccsc1CO. The molecule has 21 heavy (non-hydrogen) atoms. The maximum Gasteiger partial charge on any atom is 0.387 e. The van der Waals surface area contributed by atoms with Crippen molar-refractivity contribution in [2.45, 2.75) is 18.1 Å². The van der Waals surface area contributed by atoms with Crippen molar-refractivity contribution in [3.63, 3.8) is 0 Å². The molecule has 0 saturated heterocycles. The summed E-state index contributed by atoms with van der Waals surface area (Å²) in [6.45, 7) is -3.49. The lowest BCUT2D eigenvalue weighted by Crippen LogP contribution is -2.15. The van der Waals surface area contributed by atoms with Crippen molar-refractivity contribution in [2.75, 3.05) is 4.72 Å². The van der Waals surface area contributed by atoms with Gasteiger partial charge in [-0.25, -0.2) is 8.42 Å². The fourth-order valence-electron chi connectivity index (χ4n) is 1.63. The molecule has 0 fully saturated rings. The molecule has 0 unspecified atom stereocenters. The predicted octanol–water partition coefficient (Wildman–Crippen LogP) is 2.64. The molecule has 0 radical (unpaired) electrons. The number of nitrogens with one attached hydrogen (secondary N) is 1. The molecule has 0 aliphatic carbocycles. The third kappa shape index (κ3) is 3.69. The van der Waals surface area contributed by atoms with Crippen molar-refractivity contribution >= 4 is 27.0 Å². The molecule has 0 bridgehead atoms. The molecule has 2 N–H and O–H groups in total. The molecular weight excluding hydrogens is 324 g/mol. The third-order valence-electron chi connectivity index (χ3n) is 2.49. The standard InChI is InChI=1S/C12H11F2NO4S2/c13-12(14)19-9-4-2-1-3-8(9)15-21(17,18)11-5-6-20-10(11)7-16/h1-6,12,15-16H,7H2. The number of rotatable bonds is 6. The van der Waals surface area contributed by atoms with Gasteiger partial charge in [-0.1, -0.05) is 12.1 Å². The predicted molar refractivity (Wildman–Crippen MR) is 74.1 cm³/mol. The van der Waals surface area contributed by atoms with Crippen LogP contribution >= 0.6 is 11.3 Å². The van der Waals surface area contributed by atoms with Gasteiger partial charge in [0.2, 0.25) is 0 Å². The second-order valence-corrected chi connectivity index (χ2v) is 6.50. The van der Waals surface area contributed by atoms with Crippen molar-refractivity contribution in [1.29, 1.82) is 0 Å². The summed E-state index contributed by atoms with van der Waals surface area (Å²) in [5.74, 6) is -0.281. The van der Waals surface area contributed by atoms with E-state index in [-0.39, 0.29) is 21.2 Å². The number of anilines is 1. The van der Waals surface area contributed by atoms with E-state index >= 15 is 0 Å². The number of thiophene rings is 1. The van der Waals surface area contributed by atoms with Gasteiger partial charge in [0.05, 0.1) is 17.2 Å². The minimum Gasteiger partial charge on any atom is -0.433 e. The third-order valence-corrected chi connectivity index (χ3v) is 4.97. The van der Waals surface area contributed by atoms with Crippen LogP contribution in [-0.2, 0) is 16.6 Å². The van der Waals surface area contributed by atoms with E-state index in [9.17, 15) is 17.2 Å². The Hall–Kier alpha value is -1.71. The van der Waals surface area contributed by atoms with Crippen LogP contribution in [0, 0.1) is 0 Å². The molecule has 9 heteroatoms. The molecule has 0 aliphatic rings. The number of hydrogen-bond acceptors (Lipinski definition) is 5. The smallest absolute Gasteiger partial charge is 0.387 e. The van der Waals surface area contributed by atoms with Crippen LogP contribution in [-0.4, -0.2) is 20.1 Å². The summed E-state index contributed by atoms with van der Waals surface area (Å²) in [7, 11) is -4.00. The molecular formula is C12H11F2NO4S2. The van der Waals surface area contributed by atoms with Gasteiger partial charge in [0.25, 0.3) is 10.0 Å². The molecule has 0 amide bonds. The van der Waals surface area contributed by atoms with E-state index < -0.39 is 23.2 Å². The van der Waals surface area contributed by atoms with Crippen molar-refractivity contribution in [3.8, 4) is 5.75 Å². The fraction of sp³-hybridized carbons (Fsp3) is 0.167. The molecule has 1 aromatic carbocycles. The fourth-order valence-corrected chi connectivity index (χ4v) is 4.00. The number of para-hydroxylation sites is 2. The second-order valence-electron chi connectivity index (χ2n) is 3.85. The maximum absolute atomic E-state index is 12.3. The highest BCUT2D eigenvalue weighted by Gasteiger charge is 2.21. The van der Waals surface area contributed by atoms with Crippen LogP contribution in [0.3, 0.4) is 0 Å².